The molecule has 3 amide bonds. The van der Waals surface area contributed by atoms with Gasteiger partial charge >= 0.3 is 6.03 Å². The van der Waals surface area contributed by atoms with Crippen molar-refractivity contribution < 1.29 is 14.3 Å². The zero-order chi connectivity index (χ0) is 18.4. The number of carbonyl (C=O) groups is 2. The minimum Gasteiger partial charge on any atom is -0.383 e. The van der Waals surface area contributed by atoms with Gasteiger partial charge in [-0.15, -0.1) is 0 Å². The van der Waals surface area contributed by atoms with E-state index in [-0.39, 0.29) is 24.5 Å². The number of para-hydroxylation sites is 1. The summed E-state index contributed by atoms with van der Waals surface area (Å²) in [4.78, 5) is 28.4. The first kappa shape index (κ1) is 19.2. The van der Waals surface area contributed by atoms with E-state index in [1.807, 2.05) is 19.1 Å². The van der Waals surface area contributed by atoms with Crippen LogP contribution in [0.3, 0.4) is 0 Å². The highest BCUT2D eigenvalue weighted by Crippen LogP contribution is 2.25. The van der Waals surface area contributed by atoms with Crippen molar-refractivity contribution in [2.45, 2.75) is 32.5 Å². The van der Waals surface area contributed by atoms with Gasteiger partial charge in [0.1, 0.15) is 0 Å². The van der Waals surface area contributed by atoms with Gasteiger partial charge in [-0.2, -0.15) is 0 Å². The number of urea groups is 1. The van der Waals surface area contributed by atoms with E-state index >= 15 is 0 Å². The monoisotopic (exact) mass is 348 g/mol. The number of carbonyl (C=O) groups excluding carboxylic acids is 2. The number of amides is 3. The van der Waals surface area contributed by atoms with Gasteiger partial charge in [0.15, 0.2) is 0 Å². The standard InChI is InChI=1S/C18H28N4O3/c1-13(12-25-4)19-18(24)20-17(23)11-22-10-15-7-5-6-8-16(15)21(3)9-14(22)2/h5-8,13-14H,9-12H2,1-4H3,(H2,19,20,23,24)/t13-,14-/m0/s1. The van der Waals surface area contributed by atoms with Crippen molar-refractivity contribution >= 4 is 17.6 Å². The molecule has 0 radical (unpaired) electrons. The number of likely N-dealkylation sites (N-methyl/N-ethyl adjacent to an activating group) is 1. The number of ether oxygens (including phenoxy) is 1. The van der Waals surface area contributed by atoms with Crippen LogP contribution in [0.2, 0.25) is 0 Å². The van der Waals surface area contributed by atoms with Gasteiger partial charge in [0.2, 0.25) is 5.91 Å². The molecule has 0 fully saturated rings. The van der Waals surface area contributed by atoms with Crippen molar-refractivity contribution in [2.24, 2.45) is 0 Å². The number of hydrogen-bond acceptors (Lipinski definition) is 5. The molecule has 1 heterocycles. The average Bonchev–Trinajstić information content (AvgIpc) is 2.64. The Hall–Kier alpha value is -2.12. The van der Waals surface area contributed by atoms with Crippen LogP contribution in [0.15, 0.2) is 24.3 Å². The maximum atomic E-state index is 12.3. The second-order valence-electron chi connectivity index (χ2n) is 6.64. The van der Waals surface area contributed by atoms with E-state index in [4.69, 9.17) is 4.74 Å². The van der Waals surface area contributed by atoms with E-state index in [0.717, 1.165) is 6.54 Å². The number of hydrogen-bond donors (Lipinski definition) is 2. The number of nitrogens with one attached hydrogen (secondary N) is 2. The van der Waals surface area contributed by atoms with Crippen LogP contribution in [0.4, 0.5) is 10.5 Å². The zero-order valence-corrected chi connectivity index (χ0v) is 15.4. The number of rotatable bonds is 5. The van der Waals surface area contributed by atoms with Gasteiger partial charge in [-0.1, -0.05) is 18.2 Å². The molecule has 0 spiro atoms. The lowest BCUT2D eigenvalue weighted by atomic mass is 10.1. The maximum absolute atomic E-state index is 12.3. The second-order valence-corrected chi connectivity index (χ2v) is 6.64. The van der Waals surface area contributed by atoms with E-state index in [1.165, 1.54) is 11.3 Å². The summed E-state index contributed by atoms with van der Waals surface area (Å²) >= 11 is 0. The quantitative estimate of drug-likeness (QED) is 0.836. The number of anilines is 1. The van der Waals surface area contributed by atoms with Crippen molar-refractivity contribution in [1.29, 1.82) is 0 Å². The van der Waals surface area contributed by atoms with E-state index in [0.29, 0.717) is 13.2 Å². The first-order valence-corrected chi connectivity index (χ1v) is 8.53. The highest BCUT2D eigenvalue weighted by molar-refractivity contribution is 5.95. The molecule has 0 bridgehead atoms. The minimum absolute atomic E-state index is 0.157. The van der Waals surface area contributed by atoms with Crippen LogP contribution in [0.5, 0.6) is 0 Å². The number of fused-ring (bicyclic) bond motifs is 1. The van der Waals surface area contributed by atoms with Gasteiger partial charge in [0, 0.05) is 39.0 Å². The van der Waals surface area contributed by atoms with Crippen LogP contribution < -0.4 is 15.5 Å². The third-order valence-corrected chi connectivity index (χ3v) is 4.33. The summed E-state index contributed by atoms with van der Waals surface area (Å²) in [5.41, 5.74) is 2.36. The first-order chi connectivity index (χ1) is 11.9. The maximum Gasteiger partial charge on any atom is 0.321 e. The Bertz CT molecular complexity index is 608. The molecule has 2 N–H and O–H groups in total. The van der Waals surface area contributed by atoms with Crippen LogP contribution in [0.25, 0.3) is 0 Å². The molecule has 0 unspecified atom stereocenters. The Kier molecular flexibility index (Phi) is 6.78. The fraction of sp³-hybridized carbons (Fsp3) is 0.556. The number of nitrogens with zero attached hydrogens (tertiary/aromatic N) is 2. The molecule has 2 rings (SSSR count). The number of imide groups is 1. The Balaban J connectivity index is 1.95. The summed E-state index contributed by atoms with van der Waals surface area (Å²) in [6.45, 7) is 5.98. The summed E-state index contributed by atoms with van der Waals surface area (Å²) in [5, 5.41) is 5.07. The highest BCUT2D eigenvalue weighted by atomic mass is 16.5. The van der Waals surface area contributed by atoms with Gasteiger partial charge in [-0.25, -0.2) is 4.79 Å². The van der Waals surface area contributed by atoms with Crippen molar-refractivity contribution in [2.75, 3.05) is 38.8 Å². The molecular formula is C18H28N4O3. The van der Waals surface area contributed by atoms with Gasteiger partial charge in [0.25, 0.3) is 0 Å². The summed E-state index contributed by atoms with van der Waals surface area (Å²) in [6.07, 6.45) is 0. The van der Waals surface area contributed by atoms with Crippen molar-refractivity contribution in [3.63, 3.8) is 0 Å². The summed E-state index contributed by atoms with van der Waals surface area (Å²) in [7, 11) is 3.63. The molecule has 138 valence electrons. The van der Waals surface area contributed by atoms with Crippen LogP contribution in [0.1, 0.15) is 19.4 Å². The van der Waals surface area contributed by atoms with Crippen molar-refractivity contribution in [3.05, 3.63) is 29.8 Å². The Morgan fingerprint density at radius 3 is 2.80 bits per heavy atom. The number of methoxy groups -OCH3 is 1. The van der Waals surface area contributed by atoms with Crippen molar-refractivity contribution in [1.82, 2.24) is 15.5 Å². The zero-order valence-electron chi connectivity index (χ0n) is 15.4. The highest BCUT2D eigenvalue weighted by Gasteiger charge is 2.25. The molecule has 1 aliphatic rings. The van der Waals surface area contributed by atoms with Gasteiger partial charge in [-0.05, 0) is 25.5 Å². The third-order valence-electron chi connectivity index (χ3n) is 4.33. The van der Waals surface area contributed by atoms with Gasteiger partial charge < -0.3 is 15.0 Å². The molecule has 25 heavy (non-hydrogen) atoms. The molecule has 0 aromatic heterocycles. The Labute approximate surface area is 149 Å². The van der Waals surface area contributed by atoms with E-state index < -0.39 is 6.03 Å². The molecule has 7 heteroatoms. The average molecular weight is 348 g/mol. The molecule has 2 atom stereocenters. The SMILES string of the molecule is COC[C@H](C)NC(=O)NC(=O)CN1Cc2ccccc2N(C)C[C@@H]1C. The van der Waals surface area contributed by atoms with Crippen LogP contribution in [-0.4, -0.2) is 62.8 Å². The smallest absolute Gasteiger partial charge is 0.321 e. The fourth-order valence-corrected chi connectivity index (χ4v) is 3.12. The molecule has 1 aliphatic heterocycles. The third kappa shape index (κ3) is 5.44. The number of benzene rings is 1. The van der Waals surface area contributed by atoms with Crippen LogP contribution in [-0.2, 0) is 16.1 Å². The van der Waals surface area contributed by atoms with Crippen molar-refractivity contribution in [3.8, 4) is 0 Å². The van der Waals surface area contributed by atoms with E-state index in [2.05, 4.69) is 46.5 Å². The Morgan fingerprint density at radius 1 is 1.36 bits per heavy atom. The molecule has 0 saturated heterocycles. The van der Waals surface area contributed by atoms with Gasteiger partial charge in [-0.3, -0.25) is 15.0 Å². The lowest BCUT2D eigenvalue weighted by Crippen LogP contribution is -2.49. The van der Waals surface area contributed by atoms with Crippen LogP contribution >= 0.6 is 0 Å². The summed E-state index contributed by atoms with van der Waals surface area (Å²) in [5.74, 6) is -0.309. The molecule has 0 saturated carbocycles. The van der Waals surface area contributed by atoms with E-state index in [1.54, 1.807) is 7.11 Å². The normalized spacial score (nSPS) is 18.9. The summed E-state index contributed by atoms with van der Waals surface area (Å²) in [6, 6.07) is 7.74. The molecule has 0 aliphatic carbocycles. The van der Waals surface area contributed by atoms with E-state index in [9.17, 15) is 9.59 Å². The molecule has 1 aromatic rings. The molecule has 7 nitrogen and oxygen atoms in total. The largest absolute Gasteiger partial charge is 0.383 e. The second kappa shape index (κ2) is 8.82. The summed E-state index contributed by atoms with van der Waals surface area (Å²) < 4.78 is 4.96. The van der Waals surface area contributed by atoms with Crippen LogP contribution in [0, 0.1) is 0 Å². The lowest BCUT2D eigenvalue weighted by molar-refractivity contribution is -0.121. The first-order valence-electron chi connectivity index (χ1n) is 8.53. The predicted octanol–water partition coefficient (Wildman–Crippen LogP) is 1.19. The van der Waals surface area contributed by atoms with Gasteiger partial charge in [0.05, 0.1) is 19.2 Å². The fourth-order valence-electron chi connectivity index (χ4n) is 3.12. The molecule has 1 aromatic carbocycles. The predicted molar refractivity (Wildman–Crippen MR) is 97.6 cm³/mol. The lowest BCUT2D eigenvalue weighted by Gasteiger charge is -2.27. The minimum atomic E-state index is -0.491. The topological polar surface area (TPSA) is 73.9 Å². The molecular weight excluding hydrogens is 320 g/mol. The Morgan fingerprint density at radius 2 is 2.08 bits per heavy atom.